The second kappa shape index (κ2) is 4.93. The number of hydrogen-bond donors (Lipinski definition) is 0. The van der Waals surface area contributed by atoms with Crippen LogP contribution in [0.5, 0.6) is 5.75 Å². The molecule has 92 valence electrons. The van der Waals surface area contributed by atoms with Crippen LogP contribution in [-0.4, -0.2) is 17.6 Å². The van der Waals surface area contributed by atoms with Crippen molar-refractivity contribution in [2.45, 2.75) is 53.9 Å². The van der Waals surface area contributed by atoms with Crippen molar-refractivity contribution in [2.75, 3.05) is 7.11 Å². The molecule has 1 nitrogen and oxygen atoms in total. The van der Waals surface area contributed by atoms with Crippen LogP contribution in [-0.2, 0) is 10.9 Å². The van der Waals surface area contributed by atoms with Gasteiger partial charge >= 0.3 is 0 Å². The first kappa shape index (κ1) is 11.5. The molecule has 0 spiro atoms. The van der Waals surface area contributed by atoms with Crippen molar-refractivity contribution in [3.63, 3.8) is 0 Å². The van der Waals surface area contributed by atoms with Gasteiger partial charge in [-0.25, -0.2) is 0 Å². The summed E-state index contributed by atoms with van der Waals surface area (Å²) in [6, 6.07) is 8.87. The lowest BCUT2D eigenvalue weighted by molar-refractivity contribution is 0.414. The third-order valence-corrected chi connectivity index (χ3v) is 7.35. The molecule has 2 fully saturated rings. The molecule has 0 amide bonds. The Hall–Kier alpha value is -0.630. The summed E-state index contributed by atoms with van der Waals surface area (Å²) in [5, 5.41) is 1.96. The van der Waals surface area contributed by atoms with Crippen LogP contribution in [0.2, 0.25) is 0 Å². The van der Waals surface area contributed by atoms with Crippen LogP contribution in [0.3, 0.4) is 0 Å². The largest absolute Gasteiger partial charge is 0.497 e. The number of methoxy groups -OCH3 is 1. The van der Waals surface area contributed by atoms with Gasteiger partial charge in [-0.15, -0.1) is 0 Å². The fraction of sp³-hybridized carbons (Fsp3) is 0.600. The Labute approximate surface area is 107 Å². The van der Waals surface area contributed by atoms with Gasteiger partial charge in [-0.2, -0.15) is 0 Å². The quantitative estimate of drug-likeness (QED) is 0.725. The Balaban J connectivity index is 1.85. The van der Waals surface area contributed by atoms with Crippen LogP contribution in [0, 0.1) is 0 Å². The molecular formula is C15H21OS+. The molecule has 0 atom stereocenters. The van der Waals surface area contributed by atoms with Crippen LogP contribution in [0.25, 0.3) is 0 Å². The zero-order valence-electron chi connectivity index (χ0n) is 10.5. The molecule has 3 rings (SSSR count). The highest BCUT2D eigenvalue weighted by Crippen LogP contribution is 2.42. The molecule has 0 aromatic heterocycles. The summed E-state index contributed by atoms with van der Waals surface area (Å²) in [5.74, 6) is 0.986. The average molecular weight is 249 g/mol. The fourth-order valence-corrected chi connectivity index (χ4v) is 6.78. The van der Waals surface area contributed by atoms with Gasteiger partial charge in [0.15, 0.2) is 4.90 Å². The molecule has 0 unspecified atom stereocenters. The number of ether oxygens (including phenoxy) is 1. The van der Waals surface area contributed by atoms with Crippen molar-refractivity contribution >= 4 is 10.9 Å². The van der Waals surface area contributed by atoms with Crippen LogP contribution in [0.4, 0.5) is 0 Å². The minimum Gasteiger partial charge on any atom is -0.497 e. The van der Waals surface area contributed by atoms with E-state index in [4.69, 9.17) is 4.74 Å². The predicted molar refractivity (Wildman–Crippen MR) is 73.9 cm³/mol. The molecular weight excluding hydrogens is 228 g/mol. The molecule has 1 aromatic rings. The summed E-state index contributed by atoms with van der Waals surface area (Å²) in [4.78, 5) is 1.58. The second-order valence-electron chi connectivity index (χ2n) is 5.15. The minimum absolute atomic E-state index is 0.530. The Kier molecular flexibility index (Phi) is 3.32. The van der Waals surface area contributed by atoms with E-state index in [1.807, 2.05) is 0 Å². The van der Waals surface area contributed by atoms with E-state index in [1.54, 1.807) is 12.0 Å². The first-order chi connectivity index (χ1) is 8.38. The van der Waals surface area contributed by atoms with Gasteiger partial charge in [0.2, 0.25) is 0 Å². The fourth-order valence-electron chi connectivity index (χ4n) is 3.33. The molecule has 0 aliphatic carbocycles. The lowest BCUT2D eigenvalue weighted by atomic mass is 9.99. The predicted octanol–water partition coefficient (Wildman–Crippen LogP) is 3.78. The van der Waals surface area contributed by atoms with Crippen LogP contribution in [0.15, 0.2) is 29.2 Å². The highest BCUT2D eigenvalue weighted by Gasteiger charge is 2.45. The van der Waals surface area contributed by atoms with Gasteiger partial charge < -0.3 is 4.74 Å². The first-order valence-electron chi connectivity index (χ1n) is 6.74. The molecule has 0 saturated carbocycles. The molecule has 2 heteroatoms. The maximum Gasteiger partial charge on any atom is 0.155 e. The van der Waals surface area contributed by atoms with Gasteiger partial charge in [-0.1, -0.05) is 0 Å². The smallest absolute Gasteiger partial charge is 0.155 e. The van der Waals surface area contributed by atoms with Gasteiger partial charge in [0.25, 0.3) is 0 Å². The van der Waals surface area contributed by atoms with E-state index in [-0.39, 0.29) is 0 Å². The first-order valence-corrected chi connectivity index (χ1v) is 8.09. The molecule has 2 aliphatic rings. The highest BCUT2D eigenvalue weighted by atomic mass is 32.2. The van der Waals surface area contributed by atoms with Crippen LogP contribution in [0.1, 0.15) is 38.5 Å². The third kappa shape index (κ3) is 2.20. The molecule has 2 saturated heterocycles. The summed E-state index contributed by atoms with van der Waals surface area (Å²) in [6.07, 6.45) is 8.79. The Bertz CT molecular complexity index is 351. The van der Waals surface area contributed by atoms with E-state index in [0.717, 1.165) is 16.2 Å². The molecule has 17 heavy (non-hydrogen) atoms. The average Bonchev–Trinajstić information content (AvgIpc) is 2.38. The second-order valence-corrected chi connectivity index (χ2v) is 7.70. The maximum absolute atomic E-state index is 5.25. The van der Waals surface area contributed by atoms with E-state index in [2.05, 4.69) is 24.3 Å². The van der Waals surface area contributed by atoms with E-state index >= 15 is 0 Å². The lowest BCUT2D eigenvalue weighted by Gasteiger charge is -2.34. The summed E-state index contributed by atoms with van der Waals surface area (Å²) < 4.78 is 5.25. The van der Waals surface area contributed by atoms with Gasteiger partial charge in [0, 0.05) is 10.9 Å². The topological polar surface area (TPSA) is 9.23 Å². The van der Waals surface area contributed by atoms with Crippen molar-refractivity contribution < 1.29 is 4.74 Å². The summed E-state index contributed by atoms with van der Waals surface area (Å²) in [7, 11) is 2.27. The lowest BCUT2D eigenvalue weighted by Crippen LogP contribution is -2.40. The van der Waals surface area contributed by atoms with Crippen LogP contribution < -0.4 is 4.74 Å². The Morgan fingerprint density at radius 2 is 1.47 bits per heavy atom. The van der Waals surface area contributed by atoms with Gasteiger partial charge in [0.1, 0.15) is 16.2 Å². The number of hydrogen-bond acceptors (Lipinski definition) is 1. The third-order valence-electron chi connectivity index (χ3n) is 4.15. The van der Waals surface area contributed by atoms with Crippen molar-refractivity contribution in [1.82, 2.24) is 0 Å². The Morgan fingerprint density at radius 3 is 1.94 bits per heavy atom. The summed E-state index contributed by atoms with van der Waals surface area (Å²) in [5.41, 5.74) is 0. The standard InChI is InChI=1S/C15H21OS/c1-16-12-8-10-15(11-9-12)17-13-4-2-5-14(17)7-3-6-13/h8-11,13-14H,2-7H2,1H3/q+1. The number of benzene rings is 1. The normalized spacial score (nSPS) is 32.2. The minimum atomic E-state index is 0.530. The molecule has 2 aliphatic heterocycles. The monoisotopic (exact) mass is 249 g/mol. The van der Waals surface area contributed by atoms with Gasteiger partial charge in [0.05, 0.1) is 7.11 Å². The van der Waals surface area contributed by atoms with Crippen molar-refractivity contribution in [1.29, 1.82) is 0 Å². The van der Waals surface area contributed by atoms with Crippen molar-refractivity contribution in [3.05, 3.63) is 24.3 Å². The molecule has 1 aromatic carbocycles. The molecule has 2 bridgehead atoms. The van der Waals surface area contributed by atoms with E-state index in [9.17, 15) is 0 Å². The number of fused-ring (bicyclic) bond motifs is 2. The number of rotatable bonds is 2. The van der Waals surface area contributed by atoms with E-state index in [1.165, 1.54) is 38.5 Å². The SMILES string of the molecule is COc1ccc([S+]2C3CCCC2CCC3)cc1. The van der Waals surface area contributed by atoms with E-state index in [0.29, 0.717) is 10.9 Å². The van der Waals surface area contributed by atoms with Gasteiger partial charge in [-0.3, -0.25) is 0 Å². The Morgan fingerprint density at radius 1 is 0.941 bits per heavy atom. The zero-order chi connectivity index (χ0) is 11.7. The van der Waals surface area contributed by atoms with Crippen LogP contribution >= 0.6 is 0 Å². The summed E-state index contributed by atoms with van der Waals surface area (Å²) in [6.45, 7) is 0. The molecule has 0 radical (unpaired) electrons. The maximum atomic E-state index is 5.25. The molecule has 0 N–H and O–H groups in total. The zero-order valence-corrected chi connectivity index (χ0v) is 11.3. The van der Waals surface area contributed by atoms with E-state index < -0.39 is 0 Å². The highest BCUT2D eigenvalue weighted by molar-refractivity contribution is 7.98. The van der Waals surface area contributed by atoms with Gasteiger partial charge in [-0.05, 0) is 62.8 Å². The van der Waals surface area contributed by atoms with Crippen molar-refractivity contribution in [3.8, 4) is 5.75 Å². The molecule has 2 heterocycles. The van der Waals surface area contributed by atoms with Crippen molar-refractivity contribution in [2.24, 2.45) is 0 Å². The summed E-state index contributed by atoms with van der Waals surface area (Å²) >= 11 is 0.